The summed E-state index contributed by atoms with van der Waals surface area (Å²) in [5.41, 5.74) is 6.61. The largest absolute Gasteiger partial charge is 0.455 e. The summed E-state index contributed by atoms with van der Waals surface area (Å²) in [6.45, 7) is 0. The lowest BCUT2D eigenvalue weighted by molar-refractivity contribution is 0.670. The van der Waals surface area contributed by atoms with Gasteiger partial charge in [-0.05, 0) is 85.1 Å². The highest BCUT2D eigenvalue weighted by molar-refractivity contribution is 6.19. The summed E-state index contributed by atoms with van der Waals surface area (Å²) < 4.78 is 6.88. The molecule has 11 aromatic rings. The van der Waals surface area contributed by atoms with Gasteiger partial charge in [0.05, 0.1) is 0 Å². The first kappa shape index (κ1) is 29.5. The van der Waals surface area contributed by atoms with Crippen molar-refractivity contribution in [2.75, 3.05) is 0 Å². The average Bonchev–Trinajstić information content (AvgIpc) is 3.59. The van der Waals surface area contributed by atoms with Gasteiger partial charge in [0.2, 0.25) is 0 Å². The van der Waals surface area contributed by atoms with Crippen molar-refractivity contribution < 1.29 is 4.42 Å². The molecule has 2 aromatic heterocycles. The van der Waals surface area contributed by atoms with E-state index >= 15 is 0 Å². The molecule has 53 heavy (non-hydrogen) atoms. The Hall–Kier alpha value is -7.17. The molecule has 0 saturated carbocycles. The third-order valence-electron chi connectivity index (χ3n) is 10.4. The number of nitrogens with zero attached hydrogens (tertiary/aromatic N) is 3. The molecule has 246 valence electrons. The van der Waals surface area contributed by atoms with Gasteiger partial charge < -0.3 is 4.42 Å². The minimum Gasteiger partial charge on any atom is -0.455 e. The lowest BCUT2D eigenvalue weighted by Crippen LogP contribution is -2.00. The van der Waals surface area contributed by atoms with Crippen LogP contribution in [0.5, 0.6) is 0 Å². The van der Waals surface area contributed by atoms with E-state index in [2.05, 4.69) is 176 Å². The smallest absolute Gasteiger partial charge is 0.164 e. The molecular formula is C49H29N3O. The average molecular weight is 676 g/mol. The fourth-order valence-corrected chi connectivity index (χ4v) is 7.76. The Morgan fingerprint density at radius 2 is 0.736 bits per heavy atom. The molecule has 0 radical (unpaired) electrons. The summed E-state index contributed by atoms with van der Waals surface area (Å²) in [7, 11) is 0. The molecule has 0 spiro atoms. The lowest BCUT2D eigenvalue weighted by Gasteiger charge is -2.10. The molecule has 0 unspecified atom stereocenters. The molecule has 0 fully saturated rings. The Morgan fingerprint density at radius 3 is 1.30 bits per heavy atom. The Morgan fingerprint density at radius 1 is 0.302 bits per heavy atom. The maximum atomic E-state index is 6.88. The fourth-order valence-electron chi connectivity index (χ4n) is 7.76. The van der Waals surface area contributed by atoms with Gasteiger partial charge in [0.1, 0.15) is 11.2 Å². The quantitative estimate of drug-likeness (QED) is 0.186. The molecule has 0 aliphatic heterocycles. The van der Waals surface area contributed by atoms with Gasteiger partial charge in [-0.1, -0.05) is 140 Å². The van der Waals surface area contributed by atoms with E-state index in [-0.39, 0.29) is 0 Å². The molecule has 0 N–H and O–H groups in total. The summed E-state index contributed by atoms with van der Waals surface area (Å²) in [6.07, 6.45) is 0. The van der Waals surface area contributed by atoms with Crippen LogP contribution in [0.15, 0.2) is 180 Å². The van der Waals surface area contributed by atoms with Gasteiger partial charge in [0.15, 0.2) is 17.5 Å². The molecule has 0 saturated heterocycles. The molecule has 0 bridgehead atoms. The van der Waals surface area contributed by atoms with E-state index in [4.69, 9.17) is 19.4 Å². The monoisotopic (exact) mass is 675 g/mol. The predicted octanol–water partition coefficient (Wildman–Crippen LogP) is 13.1. The summed E-state index contributed by atoms with van der Waals surface area (Å²) in [6, 6.07) is 61.7. The zero-order chi connectivity index (χ0) is 34.9. The first-order valence-corrected chi connectivity index (χ1v) is 17.8. The van der Waals surface area contributed by atoms with E-state index in [1.807, 2.05) is 0 Å². The van der Waals surface area contributed by atoms with E-state index < -0.39 is 0 Å². The standard InChI is InChI=1S/C49H29N3O/c1-4-12-33-25-37(20-17-30(33)9-1)45-41-16-8-7-15-36(41)28-43-42-24-23-40(29-44(42)53-46(43)45)49-51-47(38-21-18-31-10-2-5-13-34(31)26-38)50-48(52-49)39-22-19-32-11-3-6-14-35(32)27-39/h1-29H. The first-order valence-electron chi connectivity index (χ1n) is 17.8. The van der Waals surface area contributed by atoms with Crippen LogP contribution in [0.3, 0.4) is 0 Å². The van der Waals surface area contributed by atoms with E-state index in [1.54, 1.807) is 0 Å². The molecule has 11 rings (SSSR count). The van der Waals surface area contributed by atoms with Crippen LogP contribution in [0.4, 0.5) is 0 Å². The Balaban J connectivity index is 1.12. The summed E-state index contributed by atoms with van der Waals surface area (Å²) >= 11 is 0. The molecule has 4 heteroatoms. The maximum absolute atomic E-state index is 6.88. The molecule has 9 aromatic carbocycles. The Bertz CT molecular complexity index is 3150. The van der Waals surface area contributed by atoms with E-state index in [9.17, 15) is 0 Å². The molecule has 0 amide bonds. The Kier molecular flexibility index (Phi) is 6.52. The zero-order valence-electron chi connectivity index (χ0n) is 28.5. The highest BCUT2D eigenvalue weighted by Gasteiger charge is 2.19. The van der Waals surface area contributed by atoms with Crippen LogP contribution in [0, 0.1) is 0 Å². The Labute approximate surface area is 304 Å². The van der Waals surface area contributed by atoms with Crippen molar-refractivity contribution in [1.82, 2.24) is 15.0 Å². The second-order valence-electron chi connectivity index (χ2n) is 13.7. The lowest BCUT2D eigenvalue weighted by atomic mass is 9.93. The maximum Gasteiger partial charge on any atom is 0.164 e. The van der Waals surface area contributed by atoms with E-state index in [0.717, 1.165) is 65.9 Å². The van der Waals surface area contributed by atoms with Crippen LogP contribution in [-0.4, -0.2) is 15.0 Å². The number of rotatable bonds is 4. The van der Waals surface area contributed by atoms with Gasteiger partial charge in [-0.2, -0.15) is 0 Å². The van der Waals surface area contributed by atoms with Crippen LogP contribution in [-0.2, 0) is 0 Å². The van der Waals surface area contributed by atoms with Gasteiger partial charge in [-0.25, -0.2) is 15.0 Å². The van der Waals surface area contributed by atoms with Crippen LogP contribution in [0.25, 0.3) is 110 Å². The van der Waals surface area contributed by atoms with Gasteiger partial charge >= 0.3 is 0 Å². The van der Waals surface area contributed by atoms with Gasteiger partial charge in [0, 0.05) is 33.0 Å². The SMILES string of the molecule is c1ccc2cc(-c3nc(-c4ccc5ccccc5c4)nc(-c4ccc5c(c4)oc4c(-c6ccc7ccccc7c6)c6ccccc6cc45)n3)ccc2c1. The number of hydrogen-bond donors (Lipinski definition) is 0. The molecule has 0 atom stereocenters. The highest BCUT2D eigenvalue weighted by atomic mass is 16.3. The van der Waals surface area contributed by atoms with Crippen LogP contribution >= 0.6 is 0 Å². The molecule has 4 nitrogen and oxygen atoms in total. The van der Waals surface area contributed by atoms with E-state index in [1.165, 1.54) is 26.9 Å². The van der Waals surface area contributed by atoms with Crippen molar-refractivity contribution in [3.63, 3.8) is 0 Å². The normalized spacial score (nSPS) is 11.8. The third kappa shape index (κ3) is 4.95. The molecule has 2 heterocycles. The first-order chi connectivity index (χ1) is 26.2. The third-order valence-corrected chi connectivity index (χ3v) is 10.4. The zero-order valence-corrected chi connectivity index (χ0v) is 28.5. The number of fused-ring (bicyclic) bond motifs is 7. The van der Waals surface area contributed by atoms with E-state index in [0.29, 0.717) is 17.5 Å². The summed E-state index contributed by atoms with van der Waals surface area (Å²) in [5.74, 6) is 1.84. The van der Waals surface area contributed by atoms with Crippen molar-refractivity contribution in [1.29, 1.82) is 0 Å². The minimum absolute atomic E-state index is 0.591. The van der Waals surface area contributed by atoms with Crippen molar-refractivity contribution in [3.8, 4) is 45.3 Å². The minimum atomic E-state index is 0.591. The van der Waals surface area contributed by atoms with Gasteiger partial charge in [-0.15, -0.1) is 0 Å². The van der Waals surface area contributed by atoms with Gasteiger partial charge in [0.25, 0.3) is 0 Å². The molecule has 0 aliphatic rings. The van der Waals surface area contributed by atoms with Crippen molar-refractivity contribution in [2.45, 2.75) is 0 Å². The molecule has 0 aliphatic carbocycles. The fraction of sp³-hybridized carbons (Fsp3) is 0. The second kappa shape index (κ2) is 11.7. The number of hydrogen-bond acceptors (Lipinski definition) is 4. The summed E-state index contributed by atoms with van der Waals surface area (Å²) in [4.78, 5) is 15.3. The van der Waals surface area contributed by atoms with Crippen molar-refractivity contribution in [3.05, 3.63) is 176 Å². The number of aromatic nitrogens is 3. The summed E-state index contributed by atoms with van der Waals surface area (Å²) in [5, 5.41) is 11.5. The van der Waals surface area contributed by atoms with Crippen molar-refractivity contribution >= 4 is 65.0 Å². The topological polar surface area (TPSA) is 51.8 Å². The van der Waals surface area contributed by atoms with Crippen molar-refractivity contribution in [2.24, 2.45) is 0 Å². The number of furan rings is 1. The highest BCUT2D eigenvalue weighted by Crippen LogP contribution is 2.42. The molecular weight excluding hydrogens is 647 g/mol. The number of benzene rings is 9. The predicted molar refractivity (Wildman–Crippen MR) is 219 cm³/mol. The van der Waals surface area contributed by atoms with Gasteiger partial charge in [-0.3, -0.25) is 0 Å². The second-order valence-corrected chi connectivity index (χ2v) is 13.7. The van der Waals surface area contributed by atoms with Crippen LogP contribution < -0.4 is 0 Å². The van der Waals surface area contributed by atoms with Crippen LogP contribution in [0.2, 0.25) is 0 Å². The van der Waals surface area contributed by atoms with Crippen LogP contribution in [0.1, 0.15) is 0 Å².